The Balaban J connectivity index is 1.87. The number of hydrogen-bond donors (Lipinski definition) is 1. The van der Waals surface area contributed by atoms with Crippen molar-refractivity contribution in [1.29, 1.82) is 0 Å². The Hall–Kier alpha value is -2.08. The molecule has 0 aromatic heterocycles. The molecule has 2 rings (SSSR count). The number of hydrogen-bond acceptors (Lipinski definition) is 3. The standard InChI is InChI=1S/C21H33N3O3/c1-21(2,3)24(20(26)27)13-10-16-6-8-17(9-7-16)14-23-12-11-18(15-23)19(25)22(4)5/h6-9,18H,10-15H2,1-5H3,(H,26,27). The first-order valence-electron chi connectivity index (χ1n) is 9.60. The van der Waals surface area contributed by atoms with Gasteiger partial charge >= 0.3 is 6.09 Å². The van der Waals surface area contributed by atoms with Crippen LogP contribution in [0, 0.1) is 5.92 Å². The number of carboxylic acid groups (broad SMARTS) is 1. The fourth-order valence-electron chi connectivity index (χ4n) is 3.57. The Kier molecular flexibility index (Phi) is 6.87. The smallest absolute Gasteiger partial charge is 0.407 e. The lowest BCUT2D eigenvalue weighted by Gasteiger charge is -2.33. The van der Waals surface area contributed by atoms with E-state index in [1.807, 2.05) is 34.9 Å². The molecule has 1 aromatic carbocycles. The molecule has 1 aromatic rings. The van der Waals surface area contributed by atoms with Crippen LogP contribution in [0.4, 0.5) is 4.79 Å². The van der Waals surface area contributed by atoms with Gasteiger partial charge in [0.05, 0.1) is 5.92 Å². The van der Waals surface area contributed by atoms with Gasteiger partial charge in [-0.1, -0.05) is 24.3 Å². The molecule has 1 saturated heterocycles. The summed E-state index contributed by atoms with van der Waals surface area (Å²) in [5.41, 5.74) is 1.96. The van der Waals surface area contributed by atoms with Crippen LogP contribution in [-0.4, -0.2) is 71.1 Å². The highest BCUT2D eigenvalue weighted by atomic mass is 16.4. The molecule has 1 heterocycles. The van der Waals surface area contributed by atoms with Crippen molar-refractivity contribution < 1.29 is 14.7 Å². The maximum Gasteiger partial charge on any atom is 0.407 e. The predicted molar refractivity (Wildman–Crippen MR) is 107 cm³/mol. The van der Waals surface area contributed by atoms with Gasteiger partial charge in [-0.3, -0.25) is 9.69 Å². The molecular formula is C21H33N3O3. The molecule has 1 unspecified atom stereocenters. The van der Waals surface area contributed by atoms with E-state index in [2.05, 4.69) is 29.2 Å². The molecule has 1 fully saturated rings. The van der Waals surface area contributed by atoms with Crippen molar-refractivity contribution in [1.82, 2.24) is 14.7 Å². The molecule has 0 aliphatic carbocycles. The Morgan fingerprint density at radius 2 is 1.74 bits per heavy atom. The Morgan fingerprint density at radius 3 is 2.26 bits per heavy atom. The highest BCUT2D eigenvalue weighted by Crippen LogP contribution is 2.21. The monoisotopic (exact) mass is 375 g/mol. The first-order valence-corrected chi connectivity index (χ1v) is 9.60. The Morgan fingerprint density at radius 1 is 1.15 bits per heavy atom. The number of amides is 2. The molecule has 1 aliphatic heterocycles. The van der Waals surface area contributed by atoms with E-state index >= 15 is 0 Å². The van der Waals surface area contributed by atoms with Gasteiger partial charge in [0.2, 0.25) is 5.91 Å². The first-order chi connectivity index (χ1) is 12.6. The number of carbonyl (C=O) groups is 2. The molecular weight excluding hydrogens is 342 g/mol. The van der Waals surface area contributed by atoms with Gasteiger partial charge in [-0.25, -0.2) is 4.79 Å². The third kappa shape index (κ3) is 5.96. The fraction of sp³-hybridized carbons (Fsp3) is 0.619. The van der Waals surface area contributed by atoms with Crippen LogP contribution in [0.3, 0.4) is 0 Å². The largest absolute Gasteiger partial charge is 0.465 e. The minimum Gasteiger partial charge on any atom is -0.465 e. The molecule has 0 spiro atoms. The molecule has 0 radical (unpaired) electrons. The number of nitrogens with zero attached hydrogens (tertiary/aromatic N) is 3. The number of rotatable bonds is 6. The van der Waals surface area contributed by atoms with Crippen molar-refractivity contribution in [2.45, 2.75) is 45.7 Å². The number of likely N-dealkylation sites (tertiary alicyclic amines) is 1. The maximum atomic E-state index is 12.1. The highest BCUT2D eigenvalue weighted by Gasteiger charge is 2.29. The third-order valence-corrected chi connectivity index (χ3v) is 5.16. The summed E-state index contributed by atoms with van der Waals surface area (Å²) in [7, 11) is 3.63. The summed E-state index contributed by atoms with van der Waals surface area (Å²) in [6.07, 6.45) is 0.745. The molecule has 6 nitrogen and oxygen atoms in total. The van der Waals surface area contributed by atoms with E-state index in [0.29, 0.717) is 13.0 Å². The SMILES string of the molecule is CN(C)C(=O)C1CCN(Cc2ccc(CCN(C(=O)O)C(C)(C)C)cc2)C1. The molecule has 27 heavy (non-hydrogen) atoms. The third-order valence-electron chi connectivity index (χ3n) is 5.16. The van der Waals surface area contributed by atoms with E-state index in [9.17, 15) is 14.7 Å². The van der Waals surface area contributed by atoms with Crippen LogP contribution in [0.5, 0.6) is 0 Å². The van der Waals surface area contributed by atoms with Gasteiger partial charge < -0.3 is 14.9 Å². The van der Waals surface area contributed by atoms with Crippen LogP contribution in [0.25, 0.3) is 0 Å². The second kappa shape index (κ2) is 8.74. The first kappa shape index (κ1) is 21.2. The van der Waals surface area contributed by atoms with E-state index in [-0.39, 0.29) is 11.8 Å². The second-order valence-electron chi connectivity index (χ2n) is 8.62. The summed E-state index contributed by atoms with van der Waals surface area (Å²) in [5.74, 6) is 0.327. The Bertz CT molecular complexity index is 650. The van der Waals surface area contributed by atoms with E-state index in [0.717, 1.165) is 31.6 Å². The predicted octanol–water partition coefficient (Wildman–Crippen LogP) is 2.92. The van der Waals surface area contributed by atoms with E-state index < -0.39 is 11.6 Å². The summed E-state index contributed by atoms with van der Waals surface area (Å²) in [5, 5.41) is 9.38. The van der Waals surface area contributed by atoms with Crippen molar-refractivity contribution in [2.24, 2.45) is 5.92 Å². The lowest BCUT2D eigenvalue weighted by atomic mass is 10.0. The minimum atomic E-state index is -0.880. The van der Waals surface area contributed by atoms with E-state index in [1.54, 1.807) is 4.90 Å². The summed E-state index contributed by atoms with van der Waals surface area (Å²) in [6, 6.07) is 8.38. The molecule has 2 amide bonds. The van der Waals surface area contributed by atoms with Gasteiger partial charge in [-0.2, -0.15) is 0 Å². The molecule has 1 atom stereocenters. The molecule has 1 aliphatic rings. The van der Waals surface area contributed by atoms with Gasteiger partial charge in [0, 0.05) is 39.3 Å². The van der Waals surface area contributed by atoms with Gasteiger partial charge in [-0.15, -0.1) is 0 Å². The van der Waals surface area contributed by atoms with Crippen molar-refractivity contribution in [3.8, 4) is 0 Å². The summed E-state index contributed by atoms with van der Waals surface area (Å²) in [4.78, 5) is 29.0. The number of benzene rings is 1. The summed E-state index contributed by atoms with van der Waals surface area (Å²) in [6.45, 7) is 8.83. The van der Waals surface area contributed by atoms with Crippen molar-refractivity contribution >= 4 is 12.0 Å². The lowest BCUT2D eigenvalue weighted by Crippen LogP contribution is -2.45. The zero-order valence-electron chi connectivity index (χ0n) is 17.2. The second-order valence-corrected chi connectivity index (χ2v) is 8.62. The van der Waals surface area contributed by atoms with Crippen molar-refractivity contribution in [3.05, 3.63) is 35.4 Å². The van der Waals surface area contributed by atoms with E-state index in [1.165, 1.54) is 10.5 Å². The van der Waals surface area contributed by atoms with Crippen LogP contribution >= 0.6 is 0 Å². The van der Waals surface area contributed by atoms with E-state index in [4.69, 9.17) is 0 Å². The van der Waals surface area contributed by atoms with Crippen LogP contribution < -0.4 is 0 Å². The molecule has 150 valence electrons. The van der Waals surface area contributed by atoms with Crippen LogP contribution in [0.15, 0.2) is 24.3 Å². The maximum absolute atomic E-state index is 12.1. The quantitative estimate of drug-likeness (QED) is 0.830. The summed E-state index contributed by atoms with van der Waals surface area (Å²) >= 11 is 0. The molecule has 1 N–H and O–H groups in total. The Labute approximate surface area is 162 Å². The van der Waals surface area contributed by atoms with Crippen LogP contribution in [0.2, 0.25) is 0 Å². The van der Waals surface area contributed by atoms with Crippen LogP contribution in [-0.2, 0) is 17.8 Å². The number of carbonyl (C=O) groups excluding carboxylic acids is 1. The normalized spacial score (nSPS) is 17.7. The average Bonchev–Trinajstić information content (AvgIpc) is 3.02. The molecule has 6 heteroatoms. The van der Waals surface area contributed by atoms with Gasteiger partial charge in [0.15, 0.2) is 0 Å². The highest BCUT2D eigenvalue weighted by molar-refractivity contribution is 5.78. The zero-order valence-corrected chi connectivity index (χ0v) is 17.2. The molecule has 0 saturated carbocycles. The zero-order chi connectivity index (χ0) is 20.2. The van der Waals surface area contributed by atoms with Crippen molar-refractivity contribution in [3.63, 3.8) is 0 Å². The summed E-state index contributed by atoms with van der Waals surface area (Å²) < 4.78 is 0. The average molecular weight is 376 g/mol. The van der Waals surface area contributed by atoms with Gasteiger partial charge in [0.1, 0.15) is 0 Å². The fourth-order valence-corrected chi connectivity index (χ4v) is 3.57. The van der Waals surface area contributed by atoms with Gasteiger partial charge in [-0.05, 0) is 51.3 Å². The van der Waals surface area contributed by atoms with Crippen LogP contribution in [0.1, 0.15) is 38.3 Å². The minimum absolute atomic E-state index is 0.110. The van der Waals surface area contributed by atoms with Crippen molar-refractivity contribution in [2.75, 3.05) is 33.7 Å². The van der Waals surface area contributed by atoms with Gasteiger partial charge in [0.25, 0.3) is 0 Å². The molecule has 0 bridgehead atoms. The lowest BCUT2D eigenvalue weighted by molar-refractivity contribution is -0.132. The topological polar surface area (TPSA) is 64.1 Å².